The van der Waals surface area contributed by atoms with Crippen LogP contribution in [-0.2, 0) is 9.59 Å². The molecule has 1 heterocycles. The van der Waals surface area contributed by atoms with Gasteiger partial charge in [-0.05, 0) is 62.1 Å². The van der Waals surface area contributed by atoms with Gasteiger partial charge in [-0.3, -0.25) is 14.5 Å². The Kier molecular flexibility index (Phi) is 3.82. The number of amides is 2. The van der Waals surface area contributed by atoms with E-state index in [1.165, 1.54) is 4.90 Å². The molecule has 0 N–H and O–H groups in total. The maximum absolute atomic E-state index is 12.1. The number of carbonyl (C=O) groups excluding carboxylic acids is 2. The Balaban J connectivity index is 2.36. The highest BCUT2D eigenvalue weighted by molar-refractivity contribution is 14.1. The van der Waals surface area contributed by atoms with Crippen LogP contribution in [0.3, 0.4) is 0 Å². The third-order valence-electron chi connectivity index (χ3n) is 2.92. The average molecular weight is 422 g/mol. The number of rotatable bonds is 1. The molecule has 0 unspecified atom stereocenters. The van der Waals surface area contributed by atoms with Gasteiger partial charge in [-0.15, -0.1) is 0 Å². The molecule has 0 aliphatic carbocycles. The van der Waals surface area contributed by atoms with E-state index >= 15 is 0 Å². The fourth-order valence-electron chi connectivity index (χ4n) is 2.09. The van der Waals surface area contributed by atoms with Crippen molar-refractivity contribution in [1.29, 1.82) is 0 Å². The Morgan fingerprint density at radius 1 is 1.22 bits per heavy atom. The van der Waals surface area contributed by atoms with Crippen LogP contribution in [0.4, 0.5) is 5.69 Å². The molecule has 0 atom stereocenters. The number of benzene rings is 1. The van der Waals surface area contributed by atoms with Crippen LogP contribution in [0, 0.1) is 8.99 Å². The Labute approximate surface area is 128 Å². The molecule has 3 nitrogen and oxygen atoms in total. The van der Waals surface area contributed by atoms with Gasteiger partial charge in [-0.25, -0.2) is 0 Å². The third kappa shape index (κ3) is 2.77. The number of piperidine rings is 1. The molecule has 1 aliphatic heterocycles. The molecule has 0 bridgehead atoms. The monoisotopic (exact) mass is 421 g/mol. The van der Waals surface area contributed by atoms with Crippen LogP contribution in [-0.4, -0.2) is 11.8 Å². The highest BCUT2D eigenvalue weighted by atomic mass is 127. The molecular weight excluding hydrogens is 409 g/mol. The smallest absolute Gasteiger partial charge is 0.234 e. The van der Waals surface area contributed by atoms with Gasteiger partial charge < -0.3 is 0 Å². The number of imide groups is 1. The molecule has 0 saturated carbocycles. The second-order valence-electron chi connectivity index (χ2n) is 5.24. The molecule has 0 spiro atoms. The second kappa shape index (κ2) is 4.92. The number of carbonyl (C=O) groups is 2. The number of hydrogen-bond donors (Lipinski definition) is 0. The minimum absolute atomic E-state index is 0.121. The van der Waals surface area contributed by atoms with E-state index in [1.807, 2.05) is 26.0 Å². The number of halogens is 2. The van der Waals surface area contributed by atoms with Crippen LogP contribution in [0.25, 0.3) is 0 Å². The van der Waals surface area contributed by atoms with Gasteiger partial charge in [0.1, 0.15) is 0 Å². The van der Waals surface area contributed by atoms with E-state index in [4.69, 9.17) is 0 Å². The zero-order chi connectivity index (χ0) is 13.5. The molecule has 5 heteroatoms. The van der Waals surface area contributed by atoms with Gasteiger partial charge in [0.25, 0.3) is 0 Å². The summed E-state index contributed by atoms with van der Waals surface area (Å²) in [6.07, 6.45) is 0.810. The van der Waals surface area contributed by atoms with Gasteiger partial charge in [0.05, 0.1) is 5.69 Å². The van der Waals surface area contributed by atoms with Crippen LogP contribution in [0.2, 0.25) is 0 Å². The van der Waals surface area contributed by atoms with Gasteiger partial charge in [0.15, 0.2) is 0 Å². The van der Waals surface area contributed by atoms with E-state index in [1.54, 1.807) is 6.07 Å². The van der Waals surface area contributed by atoms with Crippen molar-refractivity contribution in [2.24, 2.45) is 5.41 Å². The normalized spacial score (nSPS) is 19.2. The highest BCUT2D eigenvalue weighted by Gasteiger charge is 2.38. The highest BCUT2D eigenvalue weighted by Crippen LogP contribution is 2.35. The standard InChI is InChI=1S/C13H13BrINO2/c1-13(2)6-11(17)16(12(18)7-13)8-3-4-10(15)9(14)5-8/h3-5H,6-7H2,1-2H3. The summed E-state index contributed by atoms with van der Waals surface area (Å²) < 4.78 is 1.94. The molecule has 1 saturated heterocycles. The molecule has 18 heavy (non-hydrogen) atoms. The quantitative estimate of drug-likeness (QED) is 0.511. The zero-order valence-electron chi connectivity index (χ0n) is 10.2. The van der Waals surface area contributed by atoms with Gasteiger partial charge in [-0.2, -0.15) is 0 Å². The fourth-order valence-corrected chi connectivity index (χ4v) is 2.79. The van der Waals surface area contributed by atoms with Crippen molar-refractivity contribution in [2.45, 2.75) is 26.7 Å². The predicted octanol–water partition coefficient (Wildman–Crippen LogP) is 3.73. The first-order valence-corrected chi connectivity index (χ1v) is 7.48. The van der Waals surface area contributed by atoms with Crippen LogP contribution in [0.1, 0.15) is 26.7 Å². The summed E-state index contributed by atoms with van der Waals surface area (Å²) in [6.45, 7) is 3.90. The van der Waals surface area contributed by atoms with Crippen molar-refractivity contribution >= 4 is 56.0 Å². The zero-order valence-corrected chi connectivity index (χ0v) is 13.9. The maximum atomic E-state index is 12.1. The lowest BCUT2D eigenvalue weighted by atomic mass is 9.81. The van der Waals surface area contributed by atoms with Crippen LogP contribution in [0.15, 0.2) is 22.7 Å². The lowest BCUT2D eigenvalue weighted by molar-refractivity contribution is -0.132. The summed E-state index contributed by atoms with van der Waals surface area (Å²) in [5.74, 6) is -0.242. The minimum atomic E-state index is -0.231. The van der Waals surface area contributed by atoms with Crippen molar-refractivity contribution in [2.75, 3.05) is 4.90 Å². The van der Waals surface area contributed by atoms with E-state index in [-0.39, 0.29) is 17.2 Å². The first kappa shape index (κ1) is 14.0. The minimum Gasteiger partial charge on any atom is -0.274 e. The molecule has 1 aliphatic rings. The average Bonchev–Trinajstić information content (AvgIpc) is 2.20. The summed E-state index contributed by atoms with van der Waals surface area (Å²) in [5, 5.41) is 0. The molecule has 2 rings (SSSR count). The topological polar surface area (TPSA) is 37.4 Å². The summed E-state index contributed by atoms with van der Waals surface area (Å²) in [5.41, 5.74) is 0.415. The summed E-state index contributed by atoms with van der Waals surface area (Å²) in [7, 11) is 0. The van der Waals surface area contributed by atoms with Crippen LogP contribution in [0.5, 0.6) is 0 Å². The molecule has 1 fully saturated rings. The first-order chi connectivity index (χ1) is 8.30. The SMILES string of the molecule is CC1(C)CC(=O)N(c2ccc(I)c(Br)c2)C(=O)C1. The van der Waals surface area contributed by atoms with Crippen molar-refractivity contribution in [3.63, 3.8) is 0 Å². The van der Waals surface area contributed by atoms with Crippen molar-refractivity contribution in [3.05, 3.63) is 26.2 Å². The fraction of sp³-hybridized carbons (Fsp3) is 0.385. The van der Waals surface area contributed by atoms with Crippen LogP contribution >= 0.6 is 38.5 Å². The summed E-state index contributed by atoms with van der Waals surface area (Å²) >= 11 is 5.61. The molecular formula is C13H13BrINO2. The van der Waals surface area contributed by atoms with Crippen LogP contribution < -0.4 is 4.90 Å². The van der Waals surface area contributed by atoms with E-state index < -0.39 is 0 Å². The van der Waals surface area contributed by atoms with Gasteiger partial charge in [0, 0.05) is 20.9 Å². The van der Waals surface area contributed by atoms with Crippen molar-refractivity contribution < 1.29 is 9.59 Å². The van der Waals surface area contributed by atoms with Crippen molar-refractivity contribution in [3.8, 4) is 0 Å². The number of nitrogens with zero attached hydrogens (tertiary/aromatic N) is 1. The Hall–Kier alpha value is -0.430. The number of anilines is 1. The lowest BCUT2D eigenvalue weighted by Crippen LogP contribution is -2.46. The Bertz CT molecular complexity index is 508. The molecule has 1 aromatic carbocycles. The van der Waals surface area contributed by atoms with E-state index in [0.717, 1.165) is 8.04 Å². The Morgan fingerprint density at radius 3 is 2.28 bits per heavy atom. The number of hydrogen-bond acceptors (Lipinski definition) is 2. The largest absolute Gasteiger partial charge is 0.274 e. The lowest BCUT2D eigenvalue weighted by Gasteiger charge is -2.34. The third-order valence-corrected chi connectivity index (χ3v) is 5.26. The van der Waals surface area contributed by atoms with Gasteiger partial charge in [-0.1, -0.05) is 13.8 Å². The first-order valence-electron chi connectivity index (χ1n) is 5.61. The summed E-state index contributed by atoms with van der Waals surface area (Å²) in [6, 6.07) is 5.51. The predicted molar refractivity (Wildman–Crippen MR) is 82.4 cm³/mol. The molecule has 0 aromatic heterocycles. The van der Waals surface area contributed by atoms with E-state index in [0.29, 0.717) is 18.5 Å². The van der Waals surface area contributed by atoms with Gasteiger partial charge in [0.2, 0.25) is 11.8 Å². The van der Waals surface area contributed by atoms with Crippen molar-refractivity contribution in [1.82, 2.24) is 0 Å². The molecule has 1 aromatic rings. The summed E-state index contributed by atoms with van der Waals surface area (Å²) in [4.78, 5) is 25.5. The molecule has 96 valence electrons. The van der Waals surface area contributed by atoms with E-state index in [9.17, 15) is 9.59 Å². The van der Waals surface area contributed by atoms with Gasteiger partial charge >= 0.3 is 0 Å². The molecule has 0 radical (unpaired) electrons. The Morgan fingerprint density at radius 2 is 1.78 bits per heavy atom. The maximum Gasteiger partial charge on any atom is 0.234 e. The van der Waals surface area contributed by atoms with E-state index in [2.05, 4.69) is 38.5 Å². The molecule has 2 amide bonds. The second-order valence-corrected chi connectivity index (χ2v) is 7.26.